The minimum absolute atomic E-state index is 0.0418. The van der Waals surface area contributed by atoms with Crippen molar-refractivity contribution in [2.75, 3.05) is 38.6 Å². The molecule has 1 amide bonds. The van der Waals surface area contributed by atoms with Gasteiger partial charge in [-0.3, -0.25) is 9.69 Å². The van der Waals surface area contributed by atoms with Crippen LogP contribution >= 0.6 is 0 Å². The van der Waals surface area contributed by atoms with E-state index in [0.717, 1.165) is 49.9 Å². The van der Waals surface area contributed by atoms with Gasteiger partial charge in [-0.05, 0) is 30.9 Å². The lowest BCUT2D eigenvalue weighted by atomic mass is 10.0. The normalized spacial score (nSPS) is 18.6. The van der Waals surface area contributed by atoms with E-state index in [1.165, 1.54) is 20.0 Å². The van der Waals surface area contributed by atoms with Crippen molar-refractivity contribution in [3.8, 4) is 0 Å². The molecule has 1 atom stereocenters. The Morgan fingerprint density at radius 3 is 2.45 bits per heavy atom. The van der Waals surface area contributed by atoms with E-state index in [2.05, 4.69) is 10.2 Å². The molecule has 178 valence electrons. The van der Waals surface area contributed by atoms with Crippen LogP contribution in [-0.4, -0.2) is 71.0 Å². The molecule has 8 nitrogen and oxygen atoms in total. The Hall–Kier alpha value is -2.74. The molecule has 2 aliphatic rings. The van der Waals surface area contributed by atoms with Gasteiger partial charge < -0.3 is 15.0 Å². The van der Waals surface area contributed by atoms with Gasteiger partial charge in [0, 0.05) is 37.5 Å². The molecule has 0 spiro atoms. The van der Waals surface area contributed by atoms with Crippen molar-refractivity contribution in [2.24, 2.45) is 11.8 Å². The van der Waals surface area contributed by atoms with Gasteiger partial charge in [-0.25, -0.2) is 14.8 Å². The minimum Gasteiger partial charge on any atom is -0.467 e. The number of rotatable bonds is 7. The zero-order chi connectivity index (χ0) is 23.4. The first-order valence-corrected chi connectivity index (χ1v) is 12.1. The number of para-hydroxylation sites is 1. The van der Waals surface area contributed by atoms with Gasteiger partial charge >= 0.3 is 5.97 Å². The highest BCUT2D eigenvalue weighted by Crippen LogP contribution is 2.27. The predicted octanol–water partition coefficient (Wildman–Crippen LogP) is 3.07. The topological polar surface area (TPSA) is 87.7 Å². The van der Waals surface area contributed by atoms with Gasteiger partial charge in [0.1, 0.15) is 17.7 Å². The van der Waals surface area contributed by atoms with Crippen molar-refractivity contribution in [1.29, 1.82) is 0 Å². The van der Waals surface area contributed by atoms with E-state index in [1.807, 2.05) is 43.0 Å². The van der Waals surface area contributed by atoms with E-state index >= 15 is 0 Å². The number of hydrogen-bond donors (Lipinski definition) is 1. The zero-order valence-corrected chi connectivity index (χ0v) is 19.9. The Kier molecular flexibility index (Phi) is 7.42. The van der Waals surface area contributed by atoms with E-state index < -0.39 is 6.04 Å². The van der Waals surface area contributed by atoms with E-state index in [1.54, 1.807) is 0 Å². The number of amides is 1. The fourth-order valence-corrected chi connectivity index (χ4v) is 4.83. The fourth-order valence-electron chi connectivity index (χ4n) is 4.83. The number of hydrogen-bond acceptors (Lipinski definition) is 7. The van der Waals surface area contributed by atoms with Crippen LogP contribution in [-0.2, 0) is 20.9 Å². The summed E-state index contributed by atoms with van der Waals surface area (Å²) in [5.41, 5.74) is 0.840. The van der Waals surface area contributed by atoms with Crippen molar-refractivity contribution in [3.63, 3.8) is 0 Å². The molecule has 2 aromatic rings. The third-order valence-electron chi connectivity index (χ3n) is 6.82. The van der Waals surface area contributed by atoms with Crippen LogP contribution < -0.4 is 5.32 Å². The summed E-state index contributed by atoms with van der Waals surface area (Å²) in [5, 5.41) is 4.18. The molecule has 1 saturated carbocycles. The van der Waals surface area contributed by atoms with Crippen LogP contribution in [0.4, 0.5) is 5.82 Å². The molecule has 1 saturated heterocycles. The maximum atomic E-state index is 12.7. The Labute approximate surface area is 195 Å². The lowest BCUT2D eigenvalue weighted by Gasteiger charge is -2.35. The predicted molar refractivity (Wildman–Crippen MR) is 128 cm³/mol. The number of esters is 1. The Morgan fingerprint density at radius 1 is 1.09 bits per heavy atom. The molecule has 2 fully saturated rings. The summed E-state index contributed by atoms with van der Waals surface area (Å²) in [6, 6.07) is 7.33. The summed E-state index contributed by atoms with van der Waals surface area (Å²) in [4.78, 5) is 38.9. The average molecular weight is 454 g/mol. The molecule has 2 heterocycles. The first-order chi connectivity index (χ1) is 16.0. The summed E-state index contributed by atoms with van der Waals surface area (Å²) in [6.07, 6.45) is 4.45. The molecule has 0 radical (unpaired) electrons. The number of fused-ring (bicyclic) bond motifs is 1. The van der Waals surface area contributed by atoms with Gasteiger partial charge in [0.15, 0.2) is 0 Å². The maximum absolute atomic E-state index is 12.7. The Balaban J connectivity index is 1.47. The maximum Gasteiger partial charge on any atom is 0.328 e. The number of methoxy groups -OCH3 is 1. The summed E-state index contributed by atoms with van der Waals surface area (Å²) >= 11 is 0. The van der Waals surface area contributed by atoms with Gasteiger partial charge in [0.2, 0.25) is 5.91 Å². The first kappa shape index (κ1) is 23.4. The highest BCUT2D eigenvalue weighted by Gasteiger charge is 2.30. The number of carbonyl (C=O) groups is 2. The number of benzene rings is 1. The fraction of sp³-hybridized carbons (Fsp3) is 0.600. The van der Waals surface area contributed by atoms with Gasteiger partial charge in [0.25, 0.3) is 0 Å². The molecule has 1 aliphatic carbocycles. The summed E-state index contributed by atoms with van der Waals surface area (Å²) in [7, 11) is 1.40. The second-order valence-electron chi connectivity index (χ2n) is 9.48. The van der Waals surface area contributed by atoms with Crippen molar-refractivity contribution < 1.29 is 14.3 Å². The van der Waals surface area contributed by atoms with Crippen molar-refractivity contribution in [1.82, 2.24) is 19.8 Å². The van der Waals surface area contributed by atoms with Crippen LogP contribution in [0, 0.1) is 11.8 Å². The van der Waals surface area contributed by atoms with E-state index in [4.69, 9.17) is 14.7 Å². The molecular weight excluding hydrogens is 418 g/mol. The third-order valence-corrected chi connectivity index (χ3v) is 6.82. The first-order valence-electron chi connectivity index (χ1n) is 12.1. The van der Waals surface area contributed by atoms with Crippen LogP contribution in [0.3, 0.4) is 0 Å². The van der Waals surface area contributed by atoms with Gasteiger partial charge in [-0.1, -0.05) is 38.8 Å². The zero-order valence-electron chi connectivity index (χ0n) is 19.9. The third kappa shape index (κ3) is 5.43. The molecule has 1 aliphatic heterocycles. The van der Waals surface area contributed by atoms with Crippen LogP contribution in [0.25, 0.3) is 10.9 Å². The Bertz CT molecular complexity index is 981. The number of nitrogens with one attached hydrogen (secondary N) is 1. The lowest BCUT2D eigenvalue weighted by Crippen LogP contribution is -2.49. The quantitative estimate of drug-likeness (QED) is 0.645. The standard InChI is InChI=1S/C25H35N5O3/c1-17(2)22(25(32)33-3)28-23-19-10-6-7-11-20(19)26-21(27-23)16-29-12-14-30(15-13-29)24(31)18-8-4-5-9-18/h6-7,10-11,17-18,22H,4-5,8-9,12-16H2,1-3H3,(H,26,27,28)/t22-/m0/s1. The lowest BCUT2D eigenvalue weighted by molar-refractivity contribution is -0.142. The van der Waals surface area contributed by atoms with Crippen LogP contribution in [0.5, 0.6) is 0 Å². The number of nitrogens with zero attached hydrogens (tertiary/aromatic N) is 4. The van der Waals surface area contributed by atoms with E-state index in [9.17, 15) is 9.59 Å². The smallest absolute Gasteiger partial charge is 0.328 e. The molecule has 8 heteroatoms. The van der Waals surface area contributed by atoms with E-state index in [-0.39, 0.29) is 17.8 Å². The summed E-state index contributed by atoms with van der Waals surface area (Å²) < 4.78 is 4.99. The molecule has 1 aromatic heterocycles. The van der Waals surface area contributed by atoms with Crippen molar-refractivity contribution in [3.05, 3.63) is 30.1 Å². The number of anilines is 1. The second kappa shape index (κ2) is 10.5. The molecular formula is C25H35N5O3. The highest BCUT2D eigenvalue weighted by atomic mass is 16.5. The van der Waals surface area contributed by atoms with Crippen LogP contribution in [0.2, 0.25) is 0 Å². The van der Waals surface area contributed by atoms with Crippen LogP contribution in [0.1, 0.15) is 45.4 Å². The Morgan fingerprint density at radius 2 is 1.79 bits per heavy atom. The van der Waals surface area contributed by atoms with Gasteiger partial charge in [0.05, 0.1) is 19.2 Å². The average Bonchev–Trinajstić information content (AvgIpc) is 3.37. The molecule has 0 unspecified atom stereocenters. The second-order valence-corrected chi connectivity index (χ2v) is 9.48. The SMILES string of the molecule is COC(=O)[C@@H](Nc1nc(CN2CCN(C(=O)C3CCCC3)CC2)nc2ccccc12)C(C)C. The summed E-state index contributed by atoms with van der Waals surface area (Å²) in [6.45, 7) is 7.70. The van der Waals surface area contributed by atoms with Gasteiger partial charge in [-0.15, -0.1) is 0 Å². The summed E-state index contributed by atoms with van der Waals surface area (Å²) in [5.74, 6) is 1.66. The number of piperazine rings is 1. The van der Waals surface area contributed by atoms with Crippen molar-refractivity contribution in [2.45, 2.75) is 52.1 Å². The monoisotopic (exact) mass is 453 g/mol. The highest BCUT2D eigenvalue weighted by molar-refractivity contribution is 5.91. The molecule has 4 rings (SSSR count). The number of ether oxygens (including phenoxy) is 1. The van der Waals surface area contributed by atoms with E-state index in [0.29, 0.717) is 24.1 Å². The minimum atomic E-state index is -0.494. The number of carbonyl (C=O) groups excluding carboxylic acids is 2. The van der Waals surface area contributed by atoms with Crippen molar-refractivity contribution >= 4 is 28.6 Å². The van der Waals surface area contributed by atoms with Gasteiger partial charge in [-0.2, -0.15) is 0 Å². The molecule has 33 heavy (non-hydrogen) atoms. The molecule has 1 N–H and O–H groups in total. The number of aromatic nitrogens is 2. The molecule has 1 aromatic carbocycles. The largest absolute Gasteiger partial charge is 0.467 e. The molecule has 0 bridgehead atoms. The van der Waals surface area contributed by atoms with Crippen LogP contribution in [0.15, 0.2) is 24.3 Å².